The van der Waals surface area contributed by atoms with Crippen LogP contribution >= 0.6 is 24.0 Å². The molecule has 1 aliphatic rings. The zero-order chi connectivity index (χ0) is 13.3. The normalized spacial score (nSPS) is 22.8. The largest absolute Gasteiger partial charge is 0.338 e. The summed E-state index contributed by atoms with van der Waals surface area (Å²) in [5.74, 6) is 0.352. The van der Waals surface area contributed by atoms with E-state index in [1.807, 2.05) is 24.0 Å². The highest BCUT2D eigenvalue weighted by molar-refractivity contribution is 6.33. The smallest absolute Gasteiger partial charge is 0.255 e. The summed E-state index contributed by atoms with van der Waals surface area (Å²) >= 11 is 6.14. The molecule has 3 nitrogen and oxygen atoms in total. The van der Waals surface area contributed by atoms with Gasteiger partial charge in [0.25, 0.3) is 5.91 Å². The minimum atomic E-state index is 0. The van der Waals surface area contributed by atoms with Gasteiger partial charge in [-0.05, 0) is 37.0 Å². The number of likely N-dealkylation sites (tertiary alicyclic amines) is 1. The molecule has 19 heavy (non-hydrogen) atoms. The van der Waals surface area contributed by atoms with Gasteiger partial charge in [-0.2, -0.15) is 0 Å². The second kappa shape index (κ2) is 6.60. The van der Waals surface area contributed by atoms with Crippen LogP contribution in [0.25, 0.3) is 0 Å². The van der Waals surface area contributed by atoms with E-state index in [0.717, 1.165) is 12.0 Å². The summed E-state index contributed by atoms with van der Waals surface area (Å²) in [6.45, 7) is 5.47. The minimum absolute atomic E-state index is 0. The topological polar surface area (TPSA) is 46.3 Å². The number of halogens is 2. The summed E-state index contributed by atoms with van der Waals surface area (Å²) in [6, 6.07) is 5.74. The monoisotopic (exact) mass is 302 g/mol. The number of nitrogens with two attached hydrogens (primary N) is 1. The van der Waals surface area contributed by atoms with E-state index in [1.54, 1.807) is 6.07 Å². The molecule has 106 valence electrons. The number of benzene rings is 1. The van der Waals surface area contributed by atoms with Crippen LogP contribution < -0.4 is 5.73 Å². The second-order valence-electron chi connectivity index (χ2n) is 5.16. The molecule has 2 atom stereocenters. The lowest BCUT2D eigenvalue weighted by Gasteiger charge is -2.35. The highest BCUT2D eigenvalue weighted by atomic mass is 35.5. The van der Waals surface area contributed by atoms with E-state index in [0.29, 0.717) is 29.6 Å². The Hall–Kier alpha value is -0.770. The maximum atomic E-state index is 12.4. The van der Waals surface area contributed by atoms with E-state index in [4.69, 9.17) is 17.3 Å². The summed E-state index contributed by atoms with van der Waals surface area (Å²) in [5.41, 5.74) is 7.61. The third kappa shape index (κ3) is 3.62. The molecular formula is C14H20Cl2N2O. The van der Waals surface area contributed by atoms with Crippen LogP contribution in [0.2, 0.25) is 5.02 Å². The lowest BCUT2D eigenvalue weighted by atomic mass is 9.94. The van der Waals surface area contributed by atoms with Crippen LogP contribution in [0.5, 0.6) is 0 Å². The van der Waals surface area contributed by atoms with Crippen molar-refractivity contribution < 1.29 is 4.79 Å². The first-order valence-corrected chi connectivity index (χ1v) is 6.68. The van der Waals surface area contributed by atoms with Gasteiger partial charge in [0.05, 0.1) is 10.6 Å². The average molecular weight is 303 g/mol. The zero-order valence-electron chi connectivity index (χ0n) is 11.2. The molecule has 1 amide bonds. The molecule has 0 radical (unpaired) electrons. The van der Waals surface area contributed by atoms with Gasteiger partial charge in [-0.15, -0.1) is 12.4 Å². The molecular weight excluding hydrogens is 283 g/mol. The molecule has 1 aromatic rings. The van der Waals surface area contributed by atoms with E-state index in [1.165, 1.54) is 0 Å². The summed E-state index contributed by atoms with van der Waals surface area (Å²) in [7, 11) is 0. The maximum absolute atomic E-state index is 12.4. The van der Waals surface area contributed by atoms with Gasteiger partial charge in [0.1, 0.15) is 0 Å². The number of carbonyl (C=O) groups excluding carboxylic acids is 1. The van der Waals surface area contributed by atoms with Crippen molar-refractivity contribution in [2.45, 2.75) is 26.3 Å². The molecule has 0 aliphatic carbocycles. The number of amides is 1. The van der Waals surface area contributed by atoms with Crippen LogP contribution in [0.3, 0.4) is 0 Å². The lowest BCUT2D eigenvalue weighted by Crippen LogP contribution is -2.48. The van der Waals surface area contributed by atoms with Gasteiger partial charge < -0.3 is 10.6 Å². The van der Waals surface area contributed by atoms with E-state index >= 15 is 0 Å². The summed E-state index contributed by atoms with van der Waals surface area (Å²) in [4.78, 5) is 14.2. The Morgan fingerprint density at radius 2 is 2.16 bits per heavy atom. The molecule has 2 unspecified atom stereocenters. The fourth-order valence-electron chi connectivity index (χ4n) is 2.31. The van der Waals surface area contributed by atoms with Gasteiger partial charge in [0.2, 0.25) is 0 Å². The first-order chi connectivity index (χ1) is 8.49. The highest BCUT2D eigenvalue weighted by Gasteiger charge is 2.27. The Kier molecular flexibility index (Phi) is 5.65. The second-order valence-corrected chi connectivity index (χ2v) is 5.57. The van der Waals surface area contributed by atoms with Gasteiger partial charge in [0, 0.05) is 19.1 Å². The molecule has 1 fully saturated rings. The van der Waals surface area contributed by atoms with Crippen LogP contribution in [0.15, 0.2) is 18.2 Å². The van der Waals surface area contributed by atoms with Crippen molar-refractivity contribution in [1.29, 1.82) is 0 Å². The lowest BCUT2D eigenvalue weighted by molar-refractivity contribution is 0.0664. The van der Waals surface area contributed by atoms with Crippen LogP contribution in [0, 0.1) is 12.8 Å². The Bertz CT molecular complexity index is 465. The number of carbonyl (C=O) groups is 1. The SMILES string of the molecule is Cc1ccc(C(=O)N2CCC(N)C(C)C2)c(Cl)c1.Cl. The van der Waals surface area contributed by atoms with Crippen LogP contribution in [0.4, 0.5) is 0 Å². The Labute approximate surface area is 125 Å². The number of aryl methyl sites for hydroxylation is 1. The molecule has 2 N–H and O–H groups in total. The van der Waals surface area contributed by atoms with Crippen molar-refractivity contribution in [3.8, 4) is 0 Å². The molecule has 1 aromatic carbocycles. The quantitative estimate of drug-likeness (QED) is 0.867. The molecule has 0 saturated carbocycles. The first kappa shape index (κ1) is 16.3. The standard InChI is InChI=1S/C14H19ClN2O.ClH/c1-9-3-4-11(12(15)7-9)14(18)17-6-5-13(16)10(2)8-17;/h3-4,7,10,13H,5-6,8,16H2,1-2H3;1H. The molecule has 5 heteroatoms. The highest BCUT2D eigenvalue weighted by Crippen LogP contribution is 2.22. The number of piperidine rings is 1. The van der Waals surface area contributed by atoms with Gasteiger partial charge in [-0.25, -0.2) is 0 Å². The number of hydrogen-bond donors (Lipinski definition) is 1. The van der Waals surface area contributed by atoms with Crippen LogP contribution in [-0.2, 0) is 0 Å². The molecule has 2 rings (SSSR count). The fourth-order valence-corrected chi connectivity index (χ4v) is 2.63. The fraction of sp³-hybridized carbons (Fsp3) is 0.500. The summed E-state index contributed by atoms with van der Waals surface area (Å²) in [5, 5.41) is 0.530. The number of rotatable bonds is 1. The van der Waals surface area contributed by atoms with E-state index in [-0.39, 0.29) is 24.4 Å². The van der Waals surface area contributed by atoms with Crippen LogP contribution in [0.1, 0.15) is 29.3 Å². The van der Waals surface area contributed by atoms with Crippen molar-refractivity contribution in [2.24, 2.45) is 11.7 Å². The predicted molar refractivity (Wildman–Crippen MR) is 81.1 cm³/mol. The van der Waals surface area contributed by atoms with Gasteiger partial charge in [0.15, 0.2) is 0 Å². The van der Waals surface area contributed by atoms with Crippen molar-refractivity contribution in [3.63, 3.8) is 0 Å². The average Bonchev–Trinajstić information content (AvgIpc) is 2.32. The minimum Gasteiger partial charge on any atom is -0.338 e. The zero-order valence-corrected chi connectivity index (χ0v) is 12.8. The molecule has 0 bridgehead atoms. The van der Waals surface area contributed by atoms with Gasteiger partial charge in [-0.3, -0.25) is 4.79 Å². The molecule has 1 saturated heterocycles. The molecule has 1 aliphatic heterocycles. The van der Waals surface area contributed by atoms with Gasteiger partial charge >= 0.3 is 0 Å². The predicted octanol–water partition coefficient (Wildman–Crippen LogP) is 2.88. The van der Waals surface area contributed by atoms with Crippen molar-refractivity contribution in [3.05, 3.63) is 34.3 Å². The number of nitrogens with zero attached hydrogens (tertiary/aromatic N) is 1. The van der Waals surface area contributed by atoms with Crippen molar-refractivity contribution in [2.75, 3.05) is 13.1 Å². The van der Waals surface area contributed by atoms with E-state index in [2.05, 4.69) is 6.92 Å². The van der Waals surface area contributed by atoms with Crippen molar-refractivity contribution in [1.82, 2.24) is 4.90 Å². The maximum Gasteiger partial charge on any atom is 0.255 e. The van der Waals surface area contributed by atoms with Crippen LogP contribution in [-0.4, -0.2) is 29.9 Å². The van der Waals surface area contributed by atoms with E-state index in [9.17, 15) is 4.79 Å². The molecule has 0 spiro atoms. The Balaban J connectivity index is 0.00000180. The number of hydrogen-bond acceptors (Lipinski definition) is 2. The third-order valence-electron chi connectivity index (χ3n) is 3.61. The van der Waals surface area contributed by atoms with E-state index < -0.39 is 0 Å². The van der Waals surface area contributed by atoms with Gasteiger partial charge in [-0.1, -0.05) is 24.6 Å². The summed E-state index contributed by atoms with van der Waals surface area (Å²) in [6.07, 6.45) is 0.858. The molecule has 0 aromatic heterocycles. The van der Waals surface area contributed by atoms with Crippen molar-refractivity contribution >= 4 is 29.9 Å². The molecule has 1 heterocycles. The third-order valence-corrected chi connectivity index (χ3v) is 3.93. The first-order valence-electron chi connectivity index (χ1n) is 6.30. The summed E-state index contributed by atoms with van der Waals surface area (Å²) < 4.78 is 0. The Morgan fingerprint density at radius 3 is 2.74 bits per heavy atom. The Morgan fingerprint density at radius 1 is 1.47 bits per heavy atom.